The molecule has 4 unspecified atom stereocenters. The van der Waals surface area contributed by atoms with Crippen LogP contribution in [0.2, 0.25) is 0 Å². The third kappa shape index (κ3) is 4.11. The van der Waals surface area contributed by atoms with Gasteiger partial charge < -0.3 is 25.4 Å². The summed E-state index contributed by atoms with van der Waals surface area (Å²) in [6.07, 6.45) is -0.240. The molecule has 0 spiro atoms. The zero-order valence-corrected chi connectivity index (χ0v) is 15.8. The van der Waals surface area contributed by atoms with Crippen molar-refractivity contribution < 1.29 is 19.4 Å². The second kappa shape index (κ2) is 8.70. The minimum absolute atomic E-state index is 0. The summed E-state index contributed by atoms with van der Waals surface area (Å²) in [5, 5.41) is 15.9. The van der Waals surface area contributed by atoms with E-state index in [1.54, 1.807) is 19.1 Å². The molecule has 2 heterocycles. The van der Waals surface area contributed by atoms with E-state index in [0.29, 0.717) is 19.6 Å². The summed E-state index contributed by atoms with van der Waals surface area (Å²) >= 11 is 0. The van der Waals surface area contributed by atoms with E-state index in [1.807, 2.05) is 24.3 Å². The van der Waals surface area contributed by atoms with Crippen molar-refractivity contribution in [2.24, 2.45) is 11.8 Å². The minimum atomic E-state index is -0.439. The summed E-state index contributed by atoms with van der Waals surface area (Å²) in [5.41, 5.74) is 0.914. The van der Waals surface area contributed by atoms with Gasteiger partial charge >= 0.3 is 0 Å². The number of rotatable bonds is 5. The third-order valence-corrected chi connectivity index (χ3v) is 5.22. The maximum atomic E-state index is 12.7. The average Bonchev–Trinajstić information content (AvgIpc) is 3.16. The molecule has 1 aromatic rings. The number of ether oxygens (including phenoxy) is 1. The van der Waals surface area contributed by atoms with Gasteiger partial charge in [-0.15, -0.1) is 12.4 Å². The first-order valence-electron chi connectivity index (χ1n) is 8.57. The standard InChI is InChI=1S/C18H25N3O4.ClH/c1-21-16(23)7-14(17(21)11-3-5-13(25-2)6-4-11)18(24)20-9-12-8-19-10-15(12)22;/h3-6,12,14-15,17,19,22H,7-10H2,1-2H3,(H,20,24);1H. The lowest BCUT2D eigenvalue weighted by Gasteiger charge is -2.25. The SMILES string of the molecule is COc1ccc(C2C(C(=O)NCC3CNCC3O)CC(=O)N2C)cc1.Cl. The molecular weight excluding hydrogens is 358 g/mol. The topological polar surface area (TPSA) is 90.9 Å². The molecule has 2 fully saturated rings. The van der Waals surface area contributed by atoms with Crippen molar-refractivity contribution in [2.75, 3.05) is 33.8 Å². The number of hydrogen-bond donors (Lipinski definition) is 3. The van der Waals surface area contributed by atoms with Crippen molar-refractivity contribution in [3.8, 4) is 5.75 Å². The van der Waals surface area contributed by atoms with Crippen molar-refractivity contribution in [1.29, 1.82) is 0 Å². The highest BCUT2D eigenvalue weighted by Gasteiger charge is 2.42. The fourth-order valence-corrected chi connectivity index (χ4v) is 3.65. The van der Waals surface area contributed by atoms with Crippen LogP contribution in [0.4, 0.5) is 0 Å². The van der Waals surface area contributed by atoms with Gasteiger partial charge in [0, 0.05) is 39.0 Å². The number of aliphatic hydroxyl groups excluding tert-OH is 1. The quantitative estimate of drug-likeness (QED) is 0.681. The second-order valence-corrected chi connectivity index (χ2v) is 6.76. The fourth-order valence-electron chi connectivity index (χ4n) is 3.65. The van der Waals surface area contributed by atoms with Gasteiger partial charge in [-0.2, -0.15) is 0 Å². The predicted molar refractivity (Wildman–Crippen MR) is 99.2 cm³/mol. The molecule has 4 atom stereocenters. The number of methoxy groups -OCH3 is 1. The Labute approximate surface area is 159 Å². The van der Waals surface area contributed by atoms with Crippen LogP contribution in [0.5, 0.6) is 5.75 Å². The Morgan fingerprint density at radius 1 is 1.35 bits per heavy atom. The molecule has 7 nitrogen and oxygen atoms in total. The number of carbonyl (C=O) groups is 2. The largest absolute Gasteiger partial charge is 0.497 e. The van der Waals surface area contributed by atoms with Crippen LogP contribution in [0.15, 0.2) is 24.3 Å². The van der Waals surface area contributed by atoms with E-state index in [0.717, 1.165) is 11.3 Å². The van der Waals surface area contributed by atoms with E-state index in [9.17, 15) is 14.7 Å². The molecule has 0 aromatic heterocycles. The molecule has 26 heavy (non-hydrogen) atoms. The lowest BCUT2D eigenvalue weighted by molar-refractivity contribution is -0.128. The Morgan fingerprint density at radius 3 is 2.62 bits per heavy atom. The van der Waals surface area contributed by atoms with Gasteiger partial charge in [0.25, 0.3) is 0 Å². The Balaban J connectivity index is 0.00000243. The molecule has 8 heteroatoms. The second-order valence-electron chi connectivity index (χ2n) is 6.76. The van der Waals surface area contributed by atoms with Crippen LogP contribution in [0.1, 0.15) is 18.0 Å². The molecular formula is C18H26ClN3O4. The summed E-state index contributed by atoms with van der Waals surface area (Å²) in [6.45, 7) is 1.66. The van der Waals surface area contributed by atoms with E-state index >= 15 is 0 Å². The van der Waals surface area contributed by atoms with Crippen molar-refractivity contribution in [3.63, 3.8) is 0 Å². The molecule has 0 bridgehead atoms. The Bertz CT molecular complexity index is 640. The number of hydrogen-bond acceptors (Lipinski definition) is 5. The van der Waals surface area contributed by atoms with E-state index < -0.39 is 12.0 Å². The number of β-amino-alcohol motifs (C(OH)–C–C–N with tert-alkyl or cyclic N) is 1. The van der Waals surface area contributed by atoms with E-state index in [2.05, 4.69) is 10.6 Å². The van der Waals surface area contributed by atoms with Gasteiger partial charge in [-0.3, -0.25) is 9.59 Å². The number of nitrogens with one attached hydrogen (secondary N) is 2. The number of benzene rings is 1. The van der Waals surface area contributed by atoms with Crippen LogP contribution in [-0.4, -0.2) is 61.7 Å². The normalized spacial score (nSPS) is 28.0. The lowest BCUT2D eigenvalue weighted by Crippen LogP contribution is -2.39. The van der Waals surface area contributed by atoms with E-state index in [-0.39, 0.29) is 42.6 Å². The molecule has 2 saturated heterocycles. The van der Waals surface area contributed by atoms with Crippen LogP contribution in [0.25, 0.3) is 0 Å². The highest BCUT2D eigenvalue weighted by atomic mass is 35.5. The van der Waals surface area contributed by atoms with Crippen LogP contribution < -0.4 is 15.4 Å². The van der Waals surface area contributed by atoms with Crippen LogP contribution in [0, 0.1) is 11.8 Å². The van der Waals surface area contributed by atoms with Gasteiger partial charge in [-0.05, 0) is 17.7 Å². The van der Waals surface area contributed by atoms with Crippen molar-refractivity contribution >= 4 is 24.2 Å². The van der Waals surface area contributed by atoms with Crippen LogP contribution in [0.3, 0.4) is 0 Å². The highest BCUT2D eigenvalue weighted by molar-refractivity contribution is 5.90. The van der Waals surface area contributed by atoms with Gasteiger partial charge in [0.15, 0.2) is 0 Å². The lowest BCUT2D eigenvalue weighted by atomic mass is 9.92. The van der Waals surface area contributed by atoms with Gasteiger partial charge in [0.1, 0.15) is 5.75 Å². The van der Waals surface area contributed by atoms with Gasteiger partial charge in [0.2, 0.25) is 11.8 Å². The minimum Gasteiger partial charge on any atom is -0.497 e. The number of likely N-dealkylation sites (tertiary alicyclic amines) is 1. The third-order valence-electron chi connectivity index (χ3n) is 5.22. The predicted octanol–water partition coefficient (Wildman–Crippen LogP) is 0.333. The molecule has 144 valence electrons. The number of halogens is 1. The summed E-state index contributed by atoms with van der Waals surface area (Å²) in [5.74, 6) is 0.135. The summed E-state index contributed by atoms with van der Waals surface area (Å²) in [6, 6.07) is 7.17. The molecule has 3 N–H and O–H groups in total. The van der Waals surface area contributed by atoms with Crippen LogP contribution in [-0.2, 0) is 9.59 Å². The van der Waals surface area contributed by atoms with Crippen LogP contribution >= 0.6 is 12.4 Å². The van der Waals surface area contributed by atoms with Crippen molar-refractivity contribution in [1.82, 2.24) is 15.5 Å². The summed E-state index contributed by atoms with van der Waals surface area (Å²) in [4.78, 5) is 26.5. The molecule has 0 radical (unpaired) electrons. The van der Waals surface area contributed by atoms with Gasteiger partial charge in [-0.25, -0.2) is 0 Å². The Kier molecular flexibility index (Phi) is 6.86. The number of nitrogens with zero attached hydrogens (tertiary/aromatic N) is 1. The number of carbonyl (C=O) groups excluding carboxylic acids is 2. The van der Waals surface area contributed by atoms with E-state index in [1.165, 1.54) is 0 Å². The number of aliphatic hydroxyl groups is 1. The van der Waals surface area contributed by atoms with Gasteiger partial charge in [-0.1, -0.05) is 12.1 Å². The maximum absolute atomic E-state index is 12.7. The first-order valence-corrected chi connectivity index (χ1v) is 8.57. The molecule has 0 saturated carbocycles. The zero-order valence-electron chi connectivity index (χ0n) is 15.0. The molecule has 2 aliphatic rings. The molecule has 2 aliphatic heterocycles. The molecule has 2 amide bonds. The monoisotopic (exact) mass is 383 g/mol. The van der Waals surface area contributed by atoms with Crippen molar-refractivity contribution in [3.05, 3.63) is 29.8 Å². The Morgan fingerprint density at radius 2 is 2.04 bits per heavy atom. The first kappa shape index (κ1) is 20.5. The van der Waals surface area contributed by atoms with Gasteiger partial charge in [0.05, 0.1) is 25.2 Å². The molecule has 0 aliphatic carbocycles. The van der Waals surface area contributed by atoms with E-state index in [4.69, 9.17) is 4.74 Å². The summed E-state index contributed by atoms with van der Waals surface area (Å²) < 4.78 is 5.17. The average molecular weight is 384 g/mol. The number of amides is 2. The van der Waals surface area contributed by atoms with Crippen molar-refractivity contribution in [2.45, 2.75) is 18.6 Å². The smallest absolute Gasteiger partial charge is 0.226 e. The fraction of sp³-hybridized carbons (Fsp3) is 0.556. The first-order chi connectivity index (χ1) is 12.0. The molecule has 3 rings (SSSR count). The Hall–Kier alpha value is -1.83. The highest BCUT2D eigenvalue weighted by Crippen LogP contribution is 2.37. The maximum Gasteiger partial charge on any atom is 0.226 e. The molecule has 1 aromatic carbocycles. The zero-order chi connectivity index (χ0) is 18.0. The summed E-state index contributed by atoms with van der Waals surface area (Å²) in [7, 11) is 3.33.